The standard InChI is InChI=1S/C28H40N8O2S/c29-27(30)33-13-4-3-9-23-26(38)35(15-12-19-10-11-20-6-1-2-7-21(20)16-19)17-24-36(23)25(37)22(18-39-24)8-5-14-34-28(31)32/h1-2,6-7,10-11,16,22-24H,3-5,8-9,12-15,17-18H2,(H4,29,30,33)(H4,31,32,34)/t22-,23+,24-/m1/s1. The third-order valence-corrected chi connectivity index (χ3v) is 8.74. The highest BCUT2D eigenvalue weighted by molar-refractivity contribution is 8.00. The number of piperazine rings is 1. The molecule has 0 aromatic heterocycles. The maximum atomic E-state index is 13.8. The lowest BCUT2D eigenvalue weighted by Crippen LogP contribution is -2.65. The van der Waals surface area contributed by atoms with Crippen LogP contribution in [0.3, 0.4) is 0 Å². The summed E-state index contributed by atoms with van der Waals surface area (Å²) in [5.41, 5.74) is 22.9. The van der Waals surface area contributed by atoms with E-state index < -0.39 is 6.04 Å². The molecule has 0 aliphatic carbocycles. The maximum Gasteiger partial charge on any atom is 0.245 e. The third-order valence-electron chi connectivity index (χ3n) is 7.38. The molecule has 0 saturated carbocycles. The lowest BCUT2D eigenvalue weighted by atomic mass is 9.97. The van der Waals surface area contributed by atoms with E-state index in [0.717, 1.165) is 31.4 Å². The molecule has 2 amide bonds. The number of fused-ring (bicyclic) bond motifs is 2. The SMILES string of the molecule is NC(N)=NCCCC[C@H]1C(=O)N(CCc2ccc3ccccc3c2)C[C@H]2SC[C@@H](CCCN=C(N)N)C(=O)N21. The fraction of sp³-hybridized carbons (Fsp3) is 0.500. The Morgan fingerprint density at radius 1 is 0.872 bits per heavy atom. The summed E-state index contributed by atoms with van der Waals surface area (Å²) in [6, 6.07) is 14.3. The molecule has 39 heavy (non-hydrogen) atoms. The Morgan fingerprint density at radius 3 is 2.33 bits per heavy atom. The zero-order valence-corrected chi connectivity index (χ0v) is 23.2. The number of carbonyl (C=O) groups is 2. The number of nitrogens with two attached hydrogens (primary N) is 4. The van der Waals surface area contributed by atoms with Gasteiger partial charge in [0.15, 0.2) is 11.9 Å². The van der Waals surface area contributed by atoms with Crippen molar-refractivity contribution in [3.05, 3.63) is 48.0 Å². The van der Waals surface area contributed by atoms with E-state index in [1.165, 1.54) is 16.3 Å². The summed E-state index contributed by atoms with van der Waals surface area (Å²) < 4.78 is 0. The minimum absolute atomic E-state index is 0.0315. The highest BCUT2D eigenvalue weighted by Crippen LogP contribution is 2.36. The van der Waals surface area contributed by atoms with Gasteiger partial charge in [-0.05, 0) is 54.9 Å². The van der Waals surface area contributed by atoms with Crippen LogP contribution >= 0.6 is 11.8 Å². The Bertz CT molecular complexity index is 1210. The van der Waals surface area contributed by atoms with Gasteiger partial charge < -0.3 is 32.7 Å². The van der Waals surface area contributed by atoms with Gasteiger partial charge in [0.25, 0.3) is 0 Å². The zero-order valence-electron chi connectivity index (χ0n) is 22.4. The quantitative estimate of drug-likeness (QED) is 0.176. The molecular weight excluding hydrogens is 512 g/mol. The molecule has 0 unspecified atom stereocenters. The number of aliphatic imine (C=N–C) groups is 2. The van der Waals surface area contributed by atoms with E-state index in [-0.39, 0.29) is 35.0 Å². The maximum absolute atomic E-state index is 13.8. The van der Waals surface area contributed by atoms with Crippen LogP contribution in [-0.4, -0.2) is 76.9 Å². The number of amides is 2. The first kappa shape index (κ1) is 28.5. The van der Waals surface area contributed by atoms with E-state index in [1.807, 2.05) is 21.9 Å². The number of hydrogen-bond acceptors (Lipinski definition) is 5. The van der Waals surface area contributed by atoms with Crippen molar-refractivity contribution in [1.82, 2.24) is 9.80 Å². The van der Waals surface area contributed by atoms with Crippen molar-refractivity contribution in [2.75, 3.05) is 31.9 Å². The molecule has 2 aromatic rings. The van der Waals surface area contributed by atoms with Crippen LogP contribution < -0.4 is 22.9 Å². The number of rotatable bonds is 12. The van der Waals surface area contributed by atoms with Gasteiger partial charge in [0.05, 0.1) is 11.9 Å². The van der Waals surface area contributed by atoms with Gasteiger partial charge in [-0.25, -0.2) is 0 Å². The predicted molar refractivity (Wildman–Crippen MR) is 159 cm³/mol. The highest BCUT2D eigenvalue weighted by Gasteiger charge is 2.47. The predicted octanol–water partition coefficient (Wildman–Crippen LogP) is 1.61. The first-order valence-corrected chi connectivity index (χ1v) is 14.7. The molecule has 8 N–H and O–H groups in total. The summed E-state index contributed by atoms with van der Waals surface area (Å²) in [6.07, 6.45) is 4.29. The number of nitrogens with zero attached hydrogens (tertiary/aromatic N) is 4. The molecule has 11 heteroatoms. The first-order chi connectivity index (χ1) is 18.8. The molecule has 2 heterocycles. The van der Waals surface area contributed by atoms with E-state index in [9.17, 15) is 9.59 Å². The van der Waals surface area contributed by atoms with Gasteiger partial charge in [0.2, 0.25) is 11.8 Å². The Kier molecular flexibility index (Phi) is 9.91. The monoisotopic (exact) mass is 552 g/mol. The number of guanidine groups is 2. The van der Waals surface area contributed by atoms with E-state index in [1.54, 1.807) is 11.8 Å². The number of thioether (sulfide) groups is 1. The van der Waals surface area contributed by atoms with Gasteiger partial charge in [-0.1, -0.05) is 42.5 Å². The molecule has 0 spiro atoms. The lowest BCUT2D eigenvalue weighted by molar-refractivity contribution is -0.155. The van der Waals surface area contributed by atoms with Crippen LogP contribution in [-0.2, 0) is 16.0 Å². The summed E-state index contributed by atoms with van der Waals surface area (Å²) in [5, 5.41) is 2.37. The van der Waals surface area contributed by atoms with Crippen molar-refractivity contribution in [3.8, 4) is 0 Å². The number of unbranched alkanes of at least 4 members (excludes halogenated alkanes) is 1. The van der Waals surface area contributed by atoms with Gasteiger partial charge in [-0.15, -0.1) is 11.8 Å². The first-order valence-electron chi connectivity index (χ1n) is 13.6. The van der Waals surface area contributed by atoms with Crippen molar-refractivity contribution in [1.29, 1.82) is 0 Å². The fourth-order valence-electron chi connectivity index (χ4n) is 5.37. The summed E-state index contributed by atoms with van der Waals surface area (Å²) in [4.78, 5) is 39.3. The summed E-state index contributed by atoms with van der Waals surface area (Å²) >= 11 is 1.78. The van der Waals surface area contributed by atoms with Crippen LogP contribution in [0.25, 0.3) is 10.8 Å². The van der Waals surface area contributed by atoms with Crippen LogP contribution in [0.15, 0.2) is 52.4 Å². The Balaban J connectivity index is 1.44. The fourth-order valence-corrected chi connectivity index (χ4v) is 6.83. The Morgan fingerprint density at radius 2 is 1.59 bits per heavy atom. The van der Waals surface area contributed by atoms with E-state index in [2.05, 4.69) is 40.3 Å². The molecule has 210 valence electrons. The van der Waals surface area contributed by atoms with Crippen molar-refractivity contribution < 1.29 is 9.59 Å². The minimum atomic E-state index is -0.472. The van der Waals surface area contributed by atoms with Gasteiger partial charge in [0.1, 0.15) is 6.04 Å². The molecule has 10 nitrogen and oxygen atoms in total. The highest BCUT2D eigenvalue weighted by atomic mass is 32.2. The van der Waals surface area contributed by atoms with E-state index in [4.69, 9.17) is 22.9 Å². The lowest BCUT2D eigenvalue weighted by Gasteiger charge is -2.49. The molecule has 0 bridgehead atoms. The van der Waals surface area contributed by atoms with Crippen LogP contribution in [0.1, 0.15) is 37.7 Å². The summed E-state index contributed by atoms with van der Waals surface area (Å²) in [7, 11) is 0. The smallest absolute Gasteiger partial charge is 0.245 e. The topological polar surface area (TPSA) is 169 Å². The van der Waals surface area contributed by atoms with Crippen LogP contribution in [0.4, 0.5) is 0 Å². The van der Waals surface area contributed by atoms with Gasteiger partial charge in [-0.3, -0.25) is 19.6 Å². The van der Waals surface area contributed by atoms with Gasteiger partial charge in [0, 0.05) is 31.3 Å². The number of benzene rings is 2. The van der Waals surface area contributed by atoms with Crippen molar-refractivity contribution in [3.63, 3.8) is 0 Å². The van der Waals surface area contributed by atoms with Gasteiger partial charge >= 0.3 is 0 Å². The van der Waals surface area contributed by atoms with Crippen LogP contribution in [0.5, 0.6) is 0 Å². The Labute approximate surface area is 234 Å². The average molecular weight is 553 g/mol. The molecule has 3 atom stereocenters. The largest absolute Gasteiger partial charge is 0.370 e. The minimum Gasteiger partial charge on any atom is -0.370 e. The number of carbonyl (C=O) groups excluding carboxylic acids is 2. The Hall–Kier alpha value is -3.47. The molecule has 2 aliphatic rings. The molecule has 0 radical (unpaired) electrons. The van der Waals surface area contributed by atoms with Crippen molar-refractivity contribution in [2.24, 2.45) is 38.8 Å². The molecule has 2 saturated heterocycles. The molecular formula is C28H40N8O2S. The zero-order chi connectivity index (χ0) is 27.8. The van der Waals surface area contributed by atoms with Crippen LogP contribution in [0.2, 0.25) is 0 Å². The molecule has 2 aliphatic heterocycles. The second-order valence-corrected chi connectivity index (χ2v) is 11.4. The summed E-state index contributed by atoms with van der Waals surface area (Å²) in [6.45, 7) is 2.18. The second kappa shape index (κ2) is 13.5. The van der Waals surface area contributed by atoms with Crippen LogP contribution in [0, 0.1) is 5.92 Å². The molecule has 2 aromatic carbocycles. The molecule has 2 fully saturated rings. The normalized spacial score (nSPS) is 21.1. The summed E-state index contributed by atoms with van der Waals surface area (Å²) in [5.74, 6) is 0.831. The second-order valence-electron chi connectivity index (χ2n) is 10.2. The van der Waals surface area contributed by atoms with Gasteiger partial charge in [-0.2, -0.15) is 0 Å². The number of hydrogen-bond donors (Lipinski definition) is 4. The third kappa shape index (κ3) is 7.56. The molecule has 4 rings (SSSR count). The average Bonchev–Trinajstić information content (AvgIpc) is 2.91. The van der Waals surface area contributed by atoms with E-state index >= 15 is 0 Å². The van der Waals surface area contributed by atoms with Crippen molar-refractivity contribution >= 4 is 46.3 Å². The van der Waals surface area contributed by atoms with E-state index in [0.29, 0.717) is 39.0 Å². The van der Waals surface area contributed by atoms with Crippen molar-refractivity contribution in [2.45, 2.75) is 49.9 Å².